The number of hydrogen-bond acceptors (Lipinski definition) is 3. The Labute approximate surface area is 171 Å². The minimum Gasteiger partial charge on any atom is -0.363 e. The van der Waals surface area contributed by atoms with Crippen LogP contribution in [0.4, 0.5) is 11.5 Å². The second-order valence-electron chi connectivity index (χ2n) is 8.44. The lowest BCUT2D eigenvalue weighted by molar-refractivity contribution is -0.117. The monoisotopic (exact) mass is 385 g/mol. The Bertz CT molecular complexity index is 1040. The smallest absolute Gasteiger partial charge is 0.224 e. The van der Waals surface area contributed by atoms with E-state index in [1.807, 2.05) is 24.3 Å². The van der Waals surface area contributed by atoms with Gasteiger partial charge < -0.3 is 10.6 Å². The van der Waals surface area contributed by atoms with Crippen molar-refractivity contribution in [2.45, 2.75) is 51.0 Å². The summed E-state index contributed by atoms with van der Waals surface area (Å²) >= 11 is 0. The molecule has 1 unspecified atom stereocenters. The average molecular weight is 386 g/mol. The summed E-state index contributed by atoms with van der Waals surface area (Å²) in [6, 6.07) is 19.1. The second-order valence-corrected chi connectivity index (χ2v) is 8.44. The first kappa shape index (κ1) is 18.2. The molecule has 3 aromatic rings. The van der Waals surface area contributed by atoms with Gasteiger partial charge >= 0.3 is 0 Å². The molecular weight excluding hydrogens is 358 g/mol. The highest BCUT2D eigenvalue weighted by molar-refractivity contribution is 5.94. The Hall–Kier alpha value is -2.88. The fourth-order valence-electron chi connectivity index (χ4n) is 4.86. The third-order valence-corrected chi connectivity index (χ3v) is 6.38. The van der Waals surface area contributed by atoms with E-state index < -0.39 is 0 Å². The van der Waals surface area contributed by atoms with Gasteiger partial charge in [0.15, 0.2) is 0 Å². The van der Waals surface area contributed by atoms with Crippen molar-refractivity contribution in [3.05, 3.63) is 65.7 Å². The molecule has 1 fully saturated rings. The van der Waals surface area contributed by atoms with Crippen LogP contribution in [-0.2, 0) is 11.2 Å². The highest BCUT2D eigenvalue weighted by atomic mass is 16.1. The summed E-state index contributed by atoms with van der Waals surface area (Å²) in [5, 5.41) is 7.70. The van der Waals surface area contributed by atoms with Crippen LogP contribution < -0.4 is 10.6 Å². The van der Waals surface area contributed by atoms with Crippen LogP contribution >= 0.6 is 0 Å². The molecule has 0 saturated heterocycles. The maximum atomic E-state index is 12.3. The number of nitrogens with one attached hydrogen (secondary N) is 2. The zero-order valence-corrected chi connectivity index (χ0v) is 16.7. The highest BCUT2D eigenvalue weighted by Gasteiger charge is 2.22. The summed E-state index contributed by atoms with van der Waals surface area (Å²) in [6.45, 7) is 0. The Morgan fingerprint density at radius 2 is 1.86 bits per heavy atom. The van der Waals surface area contributed by atoms with E-state index in [-0.39, 0.29) is 5.91 Å². The van der Waals surface area contributed by atoms with Crippen LogP contribution in [0.25, 0.3) is 10.9 Å². The van der Waals surface area contributed by atoms with Crippen molar-refractivity contribution in [2.24, 2.45) is 5.92 Å². The Balaban J connectivity index is 1.28. The number of benzene rings is 2. The van der Waals surface area contributed by atoms with Crippen molar-refractivity contribution in [2.75, 3.05) is 10.6 Å². The predicted molar refractivity (Wildman–Crippen MR) is 118 cm³/mol. The second kappa shape index (κ2) is 7.86. The van der Waals surface area contributed by atoms with Crippen LogP contribution in [-0.4, -0.2) is 10.9 Å². The molecule has 148 valence electrons. The number of pyridine rings is 1. The minimum absolute atomic E-state index is 0.127. The topological polar surface area (TPSA) is 54.0 Å². The number of carbonyl (C=O) groups is 1. The lowest BCUT2D eigenvalue weighted by Crippen LogP contribution is -2.15. The van der Waals surface area contributed by atoms with E-state index in [0.717, 1.165) is 35.2 Å². The van der Waals surface area contributed by atoms with Gasteiger partial charge in [-0.05, 0) is 73.1 Å². The minimum atomic E-state index is 0.127. The molecule has 1 amide bonds. The van der Waals surface area contributed by atoms with E-state index >= 15 is 0 Å². The summed E-state index contributed by atoms with van der Waals surface area (Å²) in [6.07, 6.45) is 7.77. The van der Waals surface area contributed by atoms with E-state index in [1.165, 1.54) is 36.8 Å². The van der Waals surface area contributed by atoms with Crippen LogP contribution in [0.5, 0.6) is 0 Å². The fraction of sp³-hybridized carbons (Fsp3) is 0.360. The Morgan fingerprint density at radius 1 is 1.00 bits per heavy atom. The number of fused-ring (bicyclic) bond motifs is 2. The predicted octanol–water partition coefficient (Wildman–Crippen LogP) is 5.85. The van der Waals surface area contributed by atoms with Crippen LogP contribution in [0.15, 0.2) is 54.6 Å². The van der Waals surface area contributed by atoms with Crippen LogP contribution in [0.1, 0.15) is 55.7 Å². The van der Waals surface area contributed by atoms with Gasteiger partial charge in [0, 0.05) is 17.5 Å². The van der Waals surface area contributed by atoms with Gasteiger partial charge in [0.2, 0.25) is 5.91 Å². The molecule has 2 aliphatic rings. The van der Waals surface area contributed by atoms with Crippen molar-refractivity contribution < 1.29 is 4.79 Å². The molecular formula is C25H27N3O. The number of anilines is 2. The van der Waals surface area contributed by atoms with Crippen molar-refractivity contribution >= 4 is 28.3 Å². The maximum Gasteiger partial charge on any atom is 0.224 e. The zero-order chi connectivity index (χ0) is 19.6. The molecule has 0 bridgehead atoms. The molecule has 1 heterocycles. The third kappa shape index (κ3) is 3.98. The van der Waals surface area contributed by atoms with Gasteiger partial charge in [-0.25, -0.2) is 4.98 Å². The van der Waals surface area contributed by atoms with Gasteiger partial charge in [-0.2, -0.15) is 0 Å². The van der Waals surface area contributed by atoms with Gasteiger partial charge in [-0.1, -0.05) is 37.1 Å². The van der Waals surface area contributed by atoms with Crippen molar-refractivity contribution in [1.82, 2.24) is 4.98 Å². The summed E-state index contributed by atoms with van der Waals surface area (Å²) in [4.78, 5) is 17.1. The normalized spacial score (nSPS) is 18.7. The molecule has 2 aliphatic carbocycles. The summed E-state index contributed by atoms with van der Waals surface area (Å²) < 4.78 is 0. The summed E-state index contributed by atoms with van der Waals surface area (Å²) in [7, 11) is 0. The van der Waals surface area contributed by atoms with E-state index in [9.17, 15) is 4.79 Å². The Kier molecular flexibility index (Phi) is 4.92. The molecule has 1 aromatic heterocycles. The molecule has 1 atom stereocenters. The number of carbonyl (C=O) groups excluding carboxylic acids is 1. The molecule has 4 heteroatoms. The van der Waals surface area contributed by atoms with Gasteiger partial charge in [-0.3, -0.25) is 4.79 Å². The van der Waals surface area contributed by atoms with Crippen LogP contribution in [0, 0.1) is 5.92 Å². The van der Waals surface area contributed by atoms with E-state index in [0.29, 0.717) is 18.4 Å². The number of aromatic nitrogens is 1. The van der Waals surface area contributed by atoms with E-state index in [2.05, 4.69) is 41.0 Å². The highest BCUT2D eigenvalue weighted by Crippen LogP contribution is 2.33. The zero-order valence-electron chi connectivity index (χ0n) is 16.7. The molecule has 0 spiro atoms. The van der Waals surface area contributed by atoms with E-state index in [4.69, 9.17) is 4.98 Å². The number of hydrogen-bond donors (Lipinski definition) is 2. The first-order valence-electron chi connectivity index (χ1n) is 10.8. The quantitative estimate of drug-likeness (QED) is 0.579. The number of amides is 1. The first-order chi connectivity index (χ1) is 14.2. The number of rotatable bonds is 5. The lowest BCUT2D eigenvalue weighted by Gasteiger charge is -2.15. The Morgan fingerprint density at radius 3 is 2.76 bits per heavy atom. The molecule has 2 aromatic carbocycles. The molecule has 1 saturated carbocycles. The van der Waals surface area contributed by atoms with Gasteiger partial charge in [-0.15, -0.1) is 0 Å². The van der Waals surface area contributed by atoms with Crippen LogP contribution in [0.2, 0.25) is 0 Å². The third-order valence-electron chi connectivity index (χ3n) is 6.38. The molecule has 4 nitrogen and oxygen atoms in total. The van der Waals surface area contributed by atoms with Crippen LogP contribution in [0.3, 0.4) is 0 Å². The standard InChI is InChI=1S/C25H27N3O/c29-25(15-17-5-1-2-6-17)26-20-11-13-22-19(16-20)10-14-24(27-22)28-23-12-9-18-7-3-4-8-21(18)23/h3-4,7-8,10-11,13-14,16-17,23H,1-2,5-6,9,12,15H2,(H,26,29)(H,27,28). The van der Waals surface area contributed by atoms with E-state index in [1.54, 1.807) is 0 Å². The largest absolute Gasteiger partial charge is 0.363 e. The number of nitrogens with zero attached hydrogens (tertiary/aromatic N) is 1. The maximum absolute atomic E-state index is 12.3. The van der Waals surface area contributed by atoms with Gasteiger partial charge in [0.1, 0.15) is 5.82 Å². The lowest BCUT2D eigenvalue weighted by atomic mass is 10.0. The van der Waals surface area contributed by atoms with Gasteiger partial charge in [0.05, 0.1) is 11.6 Å². The summed E-state index contributed by atoms with van der Waals surface area (Å²) in [5.74, 6) is 1.59. The molecule has 0 radical (unpaired) electrons. The van der Waals surface area contributed by atoms with Crippen molar-refractivity contribution in [3.63, 3.8) is 0 Å². The summed E-state index contributed by atoms with van der Waals surface area (Å²) in [5.41, 5.74) is 4.61. The SMILES string of the molecule is O=C(CC1CCCC1)Nc1ccc2nc(NC3CCc4ccccc43)ccc2c1. The number of aryl methyl sites for hydroxylation is 1. The molecule has 0 aliphatic heterocycles. The molecule has 5 rings (SSSR count). The molecule has 29 heavy (non-hydrogen) atoms. The van der Waals surface area contributed by atoms with Crippen molar-refractivity contribution in [1.29, 1.82) is 0 Å². The first-order valence-corrected chi connectivity index (χ1v) is 10.8. The molecule has 2 N–H and O–H groups in total. The fourth-order valence-corrected chi connectivity index (χ4v) is 4.86. The average Bonchev–Trinajstić information content (AvgIpc) is 3.38. The van der Waals surface area contributed by atoms with Gasteiger partial charge in [0.25, 0.3) is 0 Å². The van der Waals surface area contributed by atoms with Crippen molar-refractivity contribution in [3.8, 4) is 0 Å².